The Labute approximate surface area is 139 Å². The predicted molar refractivity (Wildman–Crippen MR) is 91.5 cm³/mol. The maximum absolute atomic E-state index is 12.1. The Morgan fingerprint density at radius 1 is 1.00 bits per heavy atom. The van der Waals surface area contributed by atoms with Crippen LogP contribution in [0, 0.1) is 0 Å². The number of ether oxygens (including phenoxy) is 2. The van der Waals surface area contributed by atoms with Gasteiger partial charge in [0.2, 0.25) is 5.91 Å². The molecule has 0 atom stereocenters. The SMILES string of the molecule is COc1cccc(NC(=O)Nc2ccc(CC(N)=O)cc2)c1OC. The Morgan fingerprint density at radius 2 is 1.71 bits per heavy atom. The van der Waals surface area contributed by atoms with Crippen LogP contribution in [0.4, 0.5) is 16.2 Å². The number of anilines is 2. The number of carbonyl (C=O) groups is 2. The minimum absolute atomic E-state index is 0.160. The number of carbonyl (C=O) groups excluding carboxylic acids is 2. The molecule has 0 aliphatic carbocycles. The monoisotopic (exact) mass is 329 g/mol. The van der Waals surface area contributed by atoms with E-state index >= 15 is 0 Å². The Balaban J connectivity index is 2.04. The van der Waals surface area contributed by atoms with E-state index in [4.69, 9.17) is 15.2 Å². The van der Waals surface area contributed by atoms with Gasteiger partial charge in [-0.05, 0) is 29.8 Å². The van der Waals surface area contributed by atoms with Crippen LogP contribution in [0.3, 0.4) is 0 Å². The normalized spacial score (nSPS) is 9.92. The second-order valence-corrected chi connectivity index (χ2v) is 4.96. The Bertz CT molecular complexity index is 729. The summed E-state index contributed by atoms with van der Waals surface area (Å²) in [7, 11) is 3.02. The Hall–Kier alpha value is -3.22. The lowest BCUT2D eigenvalue weighted by Crippen LogP contribution is -2.20. The largest absolute Gasteiger partial charge is 0.493 e. The zero-order valence-corrected chi connectivity index (χ0v) is 13.5. The molecule has 4 N–H and O–H groups in total. The number of rotatable bonds is 6. The number of nitrogens with two attached hydrogens (primary N) is 1. The highest BCUT2D eigenvalue weighted by Gasteiger charge is 2.12. The summed E-state index contributed by atoms with van der Waals surface area (Å²) in [6, 6.07) is 11.6. The van der Waals surface area contributed by atoms with Crippen molar-refractivity contribution in [2.75, 3.05) is 24.9 Å². The number of para-hydroxylation sites is 1. The van der Waals surface area contributed by atoms with Gasteiger partial charge in [-0.2, -0.15) is 0 Å². The highest BCUT2D eigenvalue weighted by Crippen LogP contribution is 2.34. The zero-order valence-electron chi connectivity index (χ0n) is 13.5. The summed E-state index contributed by atoms with van der Waals surface area (Å²) in [5.74, 6) is 0.552. The van der Waals surface area contributed by atoms with E-state index in [0.717, 1.165) is 5.56 Å². The highest BCUT2D eigenvalue weighted by molar-refractivity contribution is 6.01. The zero-order chi connectivity index (χ0) is 17.5. The first-order valence-corrected chi connectivity index (χ1v) is 7.19. The molecule has 0 heterocycles. The molecular formula is C17H19N3O4. The predicted octanol–water partition coefficient (Wildman–Crippen LogP) is 2.38. The summed E-state index contributed by atoms with van der Waals surface area (Å²) in [5.41, 5.74) is 6.99. The molecule has 7 heteroatoms. The number of nitrogens with one attached hydrogen (secondary N) is 2. The third kappa shape index (κ3) is 4.39. The van der Waals surface area contributed by atoms with Crippen molar-refractivity contribution in [3.05, 3.63) is 48.0 Å². The van der Waals surface area contributed by atoms with Crippen molar-refractivity contribution in [3.63, 3.8) is 0 Å². The van der Waals surface area contributed by atoms with Gasteiger partial charge >= 0.3 is 6.03 Å². The molecule has 0 radical (unpaired) electrons. The van der Waals surface area contributed by atoms with Gasteiger partial charge in [-0.15, -0.1) is 0 Å². The summed E-state index contributed by atoms with van der Waals surface area (Å²) in [5, 5.41) is 5.40. The van der Waals surface area contributed by atoms with Crippen molar-refractivity contribution in [3.8, 4) is 11.5 Å². The molecule has 0 spiro atoms. The van der Waals surface area contributed by atoms with E-state index in [-0.39, 0.29) is 6.42 Å². The first kappa shape index (κ1) is 17.1. The number of benzene rings is 2. The van der Waals surface area contributed by atoms with Crippen molar-refractivity contribution in [1.82, 2.24) is 0 Å². The second-order valence-electron chi connectivity index (χ2n) is 4.96. The van der Waals surface area contributed by atoms with E-state index in [1.165, 1.54) is 14.2 Å². The average molecular weight is 329 g/mol. The second kappa shape index (κ2) is 7.87. The lowest BCUT2D eigenvalue weighted by molar-refractivity contribution is -0.117. The van der Waals surface area contributed by atoms with Crippen molar-refractivity contribution >= 4 is 23.3 Å². The van der Waals surface area contributed by atoms with Gasteiger partial charge in [-0.3, -0.25) is 4.79 Å². The lowest BCUT2D eigenvalue weighted by atomic mass is 10.1. The van der Waals surface area contributed by atoms with Crippen LogP contribution in [0.5, 0.6) is 11.5 Å². The maximum atomic E-state index is 12.1. The van der Waals surface area contributed by atoms with E-state index in [9.17, 15) is 9.59 Å². The fraction of sp³-hybridized carbons (Fsp3) is 0.176. The van der Waals surface area contributed by atoms with Gasteiger partial charge in [0, 0.05) is 5.69 Å². The molecule has 0 bridgehead atoms. The highest BCUT2D eigenvalue weighted by atomic mass is 16.5. The van der Waals surface area contributed by atoms with E-state index in [2.05, 4.69) is 10.6 Å². The third-order valence-electron chi connectivity index (χ3n) is 3.24. The van der Waals surface area contributed by atoms with Crippen molar-refractivity contribution in [2.45, 2.75) is 6.42 Å². The van der Waals surface area contributed by atoms with Crippen LogP contribution in [0.2, 0.25) is 0 Å². The summed E-state index contributed by atoms with van der Waals surface area (Å²) >= 11 is 0. The smallest absolute Gasteiger partial charge is 0.323 e. The van der Waals surface area contributed by atoms with Crippen molar-refractivity contribution in [2.24, 2.45) is 5.73 Å². The molecule has 0 aliphatic heterocycles. The average Bonchev–Trinajstić information content (AvgIpc) is 2.55. The van der Waals surface area contributed by atoms with E-state index in [0.29, 0.717) is 22.9 Å². The molecule has 126 valence electrons. The number of primary amides is 1. The molecule has 0 aromatic heterocycles. The molecule has 3 amide bonds. The summed E-state index contributed by atoms with van der Waals surface area (Å²) < 4.78 is 10.4. The van der Waals surface area contributed by atoms with Gasteiger partial charge < -0.3 is 25.8 Å². The van der Waals surface area contributed by atoms with Gasteiger partial charge in [0.05, 0.1) is 26.3 Å². The third-order valence-corrected chi connectivity index (χ3v) is 3.24. The molecule has 0 unspecified atom stereocenters. The summed E-state index contributed by atoms with van der Waals surface area (Å²) in [6.45, 7) is 0. The van der Waals surface area contributed by atoms with Crippen LogP contribution in [-0.4, -0.2) is 26.2 Å². The first-order chi connectivity index (χ1) is 11.5. The molecule has 2 aromatic rings. The topological polar surface area (TPSA) is 103 Å². The first-order valence-electron chi connectivity index (χ1n) is 7.19. The summed E-state index contributed by atoms with van der Waals surface area (Å²) in [6.07, 6.45) is 0.160. The van der Waals surface area contributed by atoms with E-state index in [1.54, 1.807) is 42.5 Å². The van der Waals surface area contributed by atoms with Crippen LogP contribution in [0.25, 0.3) is 0 Å². The van der Waals surface area contributed by atoms with E-state index < -0.39 is 11.9 Å². The minimum atomic E-state index is -0.427. The van der Waals surface area contributed by atoms with Crippen LogP contribution in [0.1, 0.15) is 5.56 Å². The Kier molecular flexibility index (Phi) is 5.62. The maximum Gasteiger partial charge on any atom is 0.323 e. The Morgan fingerprint density at radius 3 is 2.29 bits per heavy atom. The molecular weight excluding hydrogens is 310 g/mol. The van der Waals surface area contributed by atoms with Crippen LogP contribution < -0.4 is 25.8 Å². The number of methoxy groups -OCH3 is 2. The number of urea groups is 1. The van der Waals surface area contributed by atoms with Crippen molar-refractivity contribution in [1.29, 1.82) is 0 Å². The van der Waals surface area contributed by atoms with E-state index in [1.807, 2.05) is 0 Å². The van der Waals surface area contributed by atoms with Gasteiger partial charge in [-0.1, -0.05) is 18.2 Å². The number of hydrogen-bond acceptors (Lipinski definition) is 4. The van der Waals surface area contributed by atoms with Gasteiger partial charge in [0.1, 0.15) is 0 Å². The van der Waals surface area contributed by atoms with Crippen molar-refractivity contribution < 1.29 is 19.1 Å². The number of hydrogen-bond donors (Lipinski definition) is 3. The molecule has 7 nitrogen and oxygen atoms in total. The van der Waals surface area contributed by atoms with Gasteiger partial charge in [0.15, 0.2) is 11.5 Å². The number of amides is 3. The lowest BCUT2D eigenvalue weighted by Gasteiger charge is -2.14. The standard InChI is InChI=1S/C17H19N3O4/c1-23-14-5-3-4-13(16(14)24-2)20-17(22)19-12-8-6-11(7-9-12)10-15(18)21/h3-9H,10H2,1-2H3,(H2,18,21)(H2,19,20,22). The molecule has 2 aromatic carbocycles. The fourth-order valence-corrected chi connectivity index (χ4v) is 2.18. The molecule has 0 saturated carbocycles. The minimum Gasteiger partial charge on any atom is -0.493 e. The van der Waals surface area contributed by atoms with Crippen LogP contribution >= 0.6 is 0 Å². The quantitative estimate of drug-likeness (QED) is 0.757. The molecule has 0 aliphatic rings. The van der Waals surface area contributed by atoms with Crippen LogP contribution in [-0.2, 0) is 11.2 Å². The van der Waals surface area contributed by atoms with Crippen LogP contribution in [0.15, 0.2) is 42.5 Å². The molecule has 0 saturated heterocycles. The van der Waals surface area contributed by atoms with Gasteiger partial charge in [0.25, 0.3) is 0 Å². The molecule has 0 fully saturated rings. The molecule has 2 rings (SSSR count). The fourth-order valence-electron chi connectivity index (χ4n) is 2.18. The van der Waals surface area contributed by atoms with Gasteiger partial charge in [-0.25, -0.2) is 4.79 Å². The summed E-state index contributed by atoms with van der Waals surface area (Å²) in [4.78, 5) is 23.0. The molecule has 24 heavy (non-hydrogen) atoms.